The Hall–Kier alpha value is -1.03. The van der Waals surface area contributed by atoms with Gasteiger partial charge in [-0.2, -0.15) is 0 Å². The Morgan fingerprint density at radius 1 is 1.22 bits per heavy atom. The molecule has 0 saturated carbocycles. The van der Waals surface area contributed by atoms with Crippen molar-refractivity contribution in [2.75, 3.05) is 26.2 Å². The molecule has 0 radical (unpaired) electrons. The molecule has 1 aliphatic rings. The second kappa shape index (κ2) is 4.92. The van der Waals surface area contributed by atoms with Crippen molar-refractivity contribution in [3.8, 4) is 0 Å². The molecule has 0 atom stereocenters. The normalized spacial score (nSPS) is 17.4. The quantitative estimate of drug-likeness (QED) is 0.897. The lowest BCUT2D eigenvalue weighted by atomic mass is 10.1. The van der Waals surface area contributed by atoms with Gasteiger partial charge in [0.15, 0.2) is 0 Å². The van der Waals surface area contributed by atoms with Crippen molar-refractivity contribution < 1.29 is 0 Å². The standard InChI is InChI=1S/C14H18ClN3/c1-17-7-4-12-13(17)3-2-11(14(12)15)10-18-8-5-16-6-9-18/h2-4,7,16H,5-6,8-10H2,1H3. The molecule has 1 aromatic heterocycles. The molecular formula is C14H18ClN3. The van der Waals surface area contributed by atoms with E-state index in [4.69, 9.17) is 11.6 Å². The minimum absolute atomic E-state index is 0.909. The maximum atomic E-state index is 6.52. The molecule has 1 aromatic carbocycles. The third-order valence-electron chi connectivity index (χ3n) is 3.69. The summed E-state index contributed by atoms with van der Waals surface area (Å²) in [5.74, 6) is 0. The molecule has 96 valence electrons. The van der Waals surface area contributed by atoms with E-state index in [1.54, 1.807) is 0 Å². The van der Waals surface area contributed by atoms with Crippen LogP contribution in [-0.4, -0.2) is 35.6 Å². The molecule has 0 bridgehead atoms. The van der Waals surface area contributed by atoms with Gasteiger partial charge in [-0.3, -0.25) is 4.90 Å². The first-order chi connectivity index (χ1) is 8.75. The van der Waals surface area contributed by atoms with Crippen molar-refractivity contribution in [1.29, 1.82) is 0 Å². The zero-order chi connectivity index (χ0) is 12.5. The highest BCUT2D eigenvalue weighted by molar-refractivity contribution is 6.36. The smallest absolute Gasteiger partial charge is 0.0544 e. The van der Waals surface area contributed by atoms with Crippen molar-refractivity contribution in [3.05, 3.63) is 35.0 Å². The summed E-state index contributed by atoms with van der Waals surface area (Å²) in [7, 11) is 2.05. The predicted octanol–water partition coefficient (Wildman–Crippen LogP) is 2.24. The number of benzene rings is 1. The number of rotatable bonds is 2. The highest BCUT2D eigenvalue weighted by Gasteiger charge is 2.13. The topological polar surface area (TPSA) is 20.2 Å². The van der Waals surface area contributed by atoms with Gasteiger partial charge in [-0.05, 0) is 17.7 Å². The van der Waals surface area contributed by atoms with Crippen molar-refractivity contribution >= 4 is 22.5 Å². The van der Waals surface area contributed by atoms with Crippen LogP contribution in [-0.2, 0) is 13.6 Å². The molecule has 2 aromatic rings. The average Bonchev–Trinajstić information content (AvgIpc) is 2.77. The van der Waals surface area contributed by atoms with E-state index in [1.807, 2.05) is 0 Å². The number of aromatic nitrogens is 1. The Kier molecular flexibility index (Phi) is 3.29. The zero-order valence-electron chi connectivity index (χ0n) is 10.6. The van der Waals surface area contributed by atoms with Crippen LogP contribution in [0.5, 0.6) is 0 Å². The molecule has 0 unspecified atom stereocenters. The van der Waals surface area contributed by atoms with Crippen molar-refractivity contribution in [3.63, 3.8) is 0 Å². The fourth-order valence-electron chi connectivity index (χ4n) is 2.59. The van der Waals surface area contributed by atoms with Crippen LogP contribution in [0.3, 0.4) is 0 Å². The first-order valence-corrected chi connectivity index (χ1v) is 6.79. The molecule has 3 nitrogen and oxygen atoms in total. The predicted molar refractivity (Wildman–Crippen MR) is 76.1 cm³/mol. The minimum Gasteiger partial charge on any atom is -0.351 e. The van der Waals surface area contributed by atoms with Gasteiger partial charge in [0, 0.05) is 56.9 Å². The summed E-state index contributed by atoms with van der Waals surface area (Å²) >= 11 is 6.52. The number of hydrogen-bond acceptors (Lipinski definition) is 2. The summed E-state index contributed by atoms with van der Waals surface area (Å²) < 4.78 is 2.11. The van der Waals surface area contributed by atoms with E-state index in [1.165, 1.54) is 11.1 Å². The van der Waals surface area contributed by atoms with Crippen molar-refractivity contribution in [2.24, 2.45) is 7.05 Å². The third-order valence-corrected chi connectivity index (χ3v) is 4.13. The second-order valence-electron chi connectivity index (χ2n) is 4.92. The first kappa shape index (κ1) is 12.0. The van der Waals surface area contributed by atoms with Crippen molar-refractivity contribution in [2.45, 2.75) is 6.54 Å². The van der Waals surface area contributed by atoms with Gasteiger partial charge >= 0.3 is 0 Å². The van der Waals surface area contributed by atoms with Gasteiger partial charge in [-0.15, -0.1) is 0 Å². The lowest BCUT2D eigenvalue weighted by molar-refractivity contribution is 0.233. The highest BCUT2D eigenvalue weighted by Crippen LogP contribution is 2.28. The van der Waals surface area contributed by atoms with E-state index in [2.05, 4.69) is 46.2 Å². The van der Waals surface area contributed by atoms with Crippen molar-refractivity contribution in [1.82, 2.24) is 14.8 Å². The van der Waals surface area contributed by atoms with Gasteiger partial charge < -0.3 is 9.88 Å². The van der Waals surface area contributed by atoms with Crippen LogP contribution in [0.4, 0.5) is 0 Å². The molecule has 1 saturated heterocycles. The Labute approximate surface area is 112 Å². The number of hydrogen-bond donors (Lipinski definition) is 1. The van der Waals surface area contributed by atoms with E-state index < -0.39 is 0 Å². The van der Waals surface area contributed by atoms with E-state index in [-0.39, 0.29) is 0 Å². The number of nitrogens with zero attached hydrogens (tertiary/aromatic N) is 2. The van der Waals surface area contributed by atoms with E-state index in [9.17, 15) is 0 Å². The molecule has 0 spiro atoms. The SMILES string of the molecule is Cn1ccc2c(Cl)c(CN3CCNCC3)ccc21. The van der Waals surface area contributed by atoms with Crippen LogP contribution in [0.25, 0.3) is 10.9 Å². The van der Waals surface area contributed by atoms with Crippen LogP contribution in [0.15, 0.2) is 24.4 Å². The first-order valence-electron chi connectivity index (χ1n) is 6.41. The second-order valence-corrected chi connectivity index (χ2v) is 5.30. The minimum atomic E-state index is 0.909. The summed E-state index contributed by atoms with van der Waals surface area (Å²) in [5.41, 5.74) is 2.43. The maximum Gasteiger partial charge on any atom is 0.0544 e. The summed E-state index contributed by atoms with van der Waals surface area (Å²) in [5, 5.41) is 5.44. The number of piperazine rings is 1. The van der Waals surface area contributed by atoms with Gasteiger partial charge in [-0.1, -0.05) is 17.7 Å². The summed E-state index contributed by atoms with van der Waals surface area (Å²) in [6.07, 6.45) is 2.06. The molecule has 1 N–H and O–H groups in total. The molecular weight excluding hydrogens is 246 g/mol. The fraction of sp³-hybridized carbons (Fsp3) is 0.429. The molecule has 4 heteroatoms. The lowest BCUT2D eigenvalue weighted by Gasteiger charge is -2.27. The monoisotopic (exact) mass is 263 g/mol. The molecule has 0 amide bonds. The number of nitrogens with one attached hydrogen (secondary N) is 1. The fourth-order valence-corrected chi connectivity index (χ4v) is 2.88. The average molecular weight is 264 g/mol. The third kappa shape index (κ3) is 2.14. The molecule has 3 rings (SSSR count). The Morgan fingerprint density at radius 3 is 2.78 bits per heavy atom. The van der Waals surface area contributed by atoms with Gasteiger partial charge in [0.25, 0.3) is 0 Å². The highest BCUT2D eigenvalue weighted by atomic mass is 35.5. The summed E-state index contributed by atoms with van der Waals surface area (Å²) in [4.78, 5) is 2.45. The molecule has 2 heterocycles. The van der Waals surface area contributed by atoms with Gasteiger partial charge in [0.05, 0.1) is 5.02 Å². The largest absolute Gasteiger partial charge is 0.351 e. The number of aryl methyl sites for hydroxylation is 1. The molecule has 0 aliphatic carbocycles. The van der Waals surface area contributed by atoms with Gasteiger partial charge in [0.1, 0.15) is 0 Å². The lowest BCUT2D eigenvalue weighted by Crippen LogP contribution is -2.42. The van der Waals surface area contributed by atoms with Crippen LogP contribution < -0.4 is 5.32 Å². The summed E-state index contributed by atoms with van der Waals surface area (Å²) in [6.45, 7) is 5.30. The number of halogens is 1. The Bertz CT molecular complexity index is 555. The molecule has 18 heavy (non-hydrogen) atoms. The van der Waals surface area contributed by atoms with E-state index >= 15 is 0 Å². The Balaban J connectivity index is 1.89. The maximum absolute atomic E-state index is 6.52. The van der Waals surface area contributed by atoms with E-state index in [0.717, 1.165) is 43.1 Å². The van der Waals surface area contributed by atoms with Crippen LogP contribution in [0, 0.1) is 0 Å². The number of fused-ring (bicyclic) bond motifs is 1. The van der Waals surface area contributed by atoms with E-state index in [0.29, 0.717) is 0 Å². The summed E-state index contributed by atoms with van der Waals surface area (Å²) in [6, 6.07) is 6.42. The van der Waals surface area contributed by atoms with Gasteiger partial charge in [-0.25, -0.2) is 0 Å². The Morgan fingerprint density at radius 2 is 2.00 bits per heavy atom. The van der Waals surface area contributed by atoms with Crippen LogP contribution in [0.1, 0.15) is 5.56 Å². The van der Waals surface area contributed by atoms with Crippen LogP contribution >= 0.6 is 11.6 Å². The molecule has 1 fully saturated rings. The van der Waals surface area contributed by atoms with Gasteiger partial charge in [0.2, 0.25) is 0 Å². The molecule has 1 aliphatic heterocycles. The zero-order valence-corrected chi connectivity index (χ0v) is 11.4. The van der Waals surface area contributed by atoms with Crippen LogP contribution in [0.2, 0.25) is 5.02 Å².